The molecule has 2 aromatic carbocycles. The quantitative estimate of drug-likeness (QED) is 0.548. The lowest BCUT2D eigenvalue weighted by Gasteiger charge is -2.34. The first kappa shape index (κ1) is 23.4. The third-order valence-electron chi connectivity index (χ3n) is 5.97. The summed E-state index contributed by atoms with van der Waals surface area (Å²) in [4.78, 5) is 17.6. The van der Waals surface area contributed by atoms with E-state index in [-0.39, 0.29) is 11.7 Å². The first-order valence-corrected chi connectivity index (χ1v) is 11.6. The smallest absolute Gasteiger partial charge is 0.256 e. The van der Waals surface area contributed by atoms with Gasteiger partial charge in [-0.15, -0.1) is 0 Å². The second-order valence-corrected chi connectivity index (χ2v) is 8.75. The zero-order valence-corrected chi connectivity index (χ0v) is 19.6. The Hall–Kier alpha value is -2.74. The van der Waals surface area contributed by atoms with Gasteiger partial charge in [-0.05, 0) is 30.2 Å². The Balaban J connectivity index is 1.24. The molecule has 1 aromatic heterocycles. The molecule has 2 heterocycles. The van der Waals surface area contributed by atoms with Gasteiger partial charge in [-0.25, -0.2) is 9.07 Å². The van der Waals surface area contributed by atoms with Gasteiger partial charge in [0.05, 0.1) is 17.8 Å². The van der Waals surface area contributed by atoms with Gasteiger partial charge in [0.25, 0.3) is 5.91 Å². The van der Waals surface area contributed by atoms with Crippen LogP contribution in [0.1, 0.15) is 27.2 Å². The van der Waals surface area contributed by atoms with Crippen molar-refractivity contribution in [1.29, 1.82) is 0 Å². The lowest BCUT2D eigenvalue weighted by molar-refractivity contribution is 0.0933. The summed E-state index contributed by atoms with van der Waals surface area (Å²) in [6, 6.07) is 16.7. The summed E-state index contributed by atoms with van der Waals surface area (Å²) in [7, 11) is 0. The van der Waals surface area contributed by atoms with Crippen molar-refractivity contribution < 1.29 is 9.18 Å². The minimum Gasteiger partial charge on any atom is -0.351 e. The number of halogens is 2. The number of nitrogens with zero attached hydrogens (tertiary/aromatic N) is 4. The fourth-order valence-corrected chi connectivity index (χ4v) is 4.43. The van der Waals surface area contributed by atoms with Crippen molar-refractivity contribution in [2.24, 2.45) is 0 Å². The summed E-state index contributed by atoms with van der Waals surface area (Å²) in [6.45, 7) is 8.48. The molecule has 1 saturated heterocycles. The van der Waals surface area contributed by atoms with Crippen molar-refractivity contribution in [2.75, 3.05) is 39.3 Å². The summed E-state index contributed by atoms with van der Waals surface area (Å²) in [5, 5.41) is 7.68. The molecule has 0 unspecified atom stereocenters. The molecule has 0 saturated carbocycles. The van der Waals surface area contributed by atoms with Gasteiger partial charge < -0.3 is 5.32 Å². The molecule has 1 fully saturated rings. The molecule has 4 rings (SSSR count). The molecule has 1 amide bonds. The van der Waals surface area contributed by atoms with Gasteiger partial charge in [0.1, 0.15) is 11.0 Å². The number of piperazine rings is 1. The van der Waals surface area contributed by atoms with Gasteiger partial charge in [0, 0.05) is 45.8 Å². The predicted molar refractivity (Wildman–Crippen MR) is 128 cm³/mol. The molecule has 1 aliphatic heterocycles. The number of carbonyl (C=O) groups excluding carboxylic acids is 1. The monoisotopic (exact) mass is 469 g/mol. The Bertz CT molecular complexity index is 1060. The second kappa shape index (κ2) is 10.9. The van der Waals surface area contributed by atoms with Crippen LogP contribution in [0.25, 0.3) is 0 Å². The lowest BCUT2D eigenvalue weighted by atomic mass is 10.2. The van der Waals surface area contributed by atoms with E-state index in [1.54, 1.807) is 23.7 Å². The van der Waals surface area contributed by atoms with Gasteiger partial charge in [-0.1, -0.05) is 54.1 Å². The number of nitrogens with one attached hydrogen (secondary N) is 1. The van der Waals surface area contributed by atoms with Gasteiger partial charge in [-0.3, -0.25) is 14.6 Å². The molecule has 6 nitrogen and oxygen atoms in total. The molecule has 0 spiro atoms. The largest absolute Gasteiger partial charge is 0.351 e. The maximum absolute atomic E-state index is 13.1. The molecule has 0 atom stereocenters. The SMILES string of the molecule is Cc1nn(Cc2ccc(F)cc2)c(Cl)c1C(=O)NCCN1CCN(Cc2ccccc2)CC1. The maximum atomic E-state index is 13.1. The summed E-state index contributed by atoms with van der Waals surface area (Å²) in [6.07, 6.45) is 0. The molecular formula is C25H29ClFN5O. The van der Waals surface area contributed by atoms with Crippen LogP contribution in [-0.4, -0.2) is 64.8 Å². The highest BCUT2D eigenvalue weighted by Crippen LogP contribution is 2.21. The summed E-state index contributed by atoms with van der Waals surface area (Å²) >= 11 is 6.47. The fraction of sp³-hybridized carbons (Fsp3) is 0.360. The number of aromatic nitrogens is 2. The van der Waals surface area contributed by atoms with Crippen LogP contribution < -0.4 is 5.32 Å². The summed E-state index contributed by atoms with van der Waals surface area (Å²) in [5.41, 5.74) is 3.17. The predicted octanol–water partition coefficient (Wildman–Crippen LogP) is 3.58. The Morgan fingerprint density at radius 1 is 0.970 bits per heavy atom. The van der Waals surface area contributed by atoms with Crippen molar-refractivity contribution in [1.82, 2.24) is 24.9 Å². The Morgan fingerprint density at radius 2 is 1.61 bits per heavy atom. The van der Waals surface area contributed by atoms with E-state index in [1.165, 1.54) is 17.7 Å². The van der Waals surface area contributed by atoms with E-state index >= 15 is 0 Å². The molecule has 1 aliphatic rings. The molecular weight excluding hydrogens is 441 g/mol. The minimum atomic E-state index is -0.292. The first-order valence-electron chi connectivity index (χ1n) is 11.2. The standard InChI is InChI=1S/C25H29ClFN5O/c1-19-23(24(26)32(29-19)18-21-7-9-22(27)10-8-21)25(33)28-11-12-30-13-15-31(16-14-30)17-20-5-3-2-4-6-20/h2-10H,11-18H2,1H3,(H,28,33). The number of carbonyl (C=O) groups is 1. The molecule has 8 heteroatoms. The number of benzene rings is 2. The van der Waals surface area contributed by atoms with Crippen LogP contribution in [0.2, 0.25) is 5.15 Å². The van der Waals surface area contributed by atoms with Crippen LogP contribution in [-0.2, 0) is 13.1 Å². The average Bonchev–Trinajstić information content (AvgIpc) is 3.10. The third kappa shape index (κ3) is 6.19. The zero-order valence-electron chi connectivity index (χ0n) is 18.8. The van der Waals surface area contributed by atoms with E-state index < -0.39 is 0 Å². The van der Waals surface area contributed by atoms with Crippen LogP contribution in [0.5, 0.6) is 0 Å². The van der Waals surface area contributed by atoms with Crippen LogP contribution in [0, 0.1) is 12.7 Å². The maximum Gasteiger partial charge on any atom is 0.256 e. The summed E-state index contributed by atoms with van der Waals surface area (Å²) in [5.74, 6) is -0.510. The highest BCUT2D eigenvalue weighted by atomic mass is 35.5. The first-order chi connectivity index (χ1) is 16.0. The molecule has 33 heavy (non-hydrogen) atoms. The van der Waals surface area contributed by atoms with Crippen LogP contribution in [0.4, 0.5) is 4.39 Å². The van der Waals surface area contributed by atoms with Crippen molar-refractivity contribution in [3.63, 3.8) is 0 Å². The normalized spacial score (nSPS) is 15.0. The van der Waals surface area contributed by atoms with Gasteiger partial charge in [0.2, 0.25) is 0 Å². The van der Waals surface area contributed by atoms with Crippen LogP contribution in [0.3, 0.4) is 0 Å². The Kier molecular flexibility index (Phi) is 7.75. The van der Waals surface area contributed by atoms with Crippen molar-refractivity contribution in [3.05, 3.63) is 88.0 Å². The molecule has 1 N–H and O–H groups in total. The van der Waals surface area contributed by atoms with Crippen LogP contribution >= 0.6 is 11.6 Å². The van der Waals surface area contributed by atoms with E-state index in [4.69, 9.17) is 11.6 Å². The van der Waals surface area contributed by atoms with Gasteiger partial charge >= 0.3 is 0 Å². The molecule has 0 bridgehead atoms. The topological polar surface area (TPSA) is 53.4 Å². The van der Waals surface area contributed by atoms with E-state index in [2.05, 4.69) is 44.5 Å². The van der Waals surface area contributed by atoms with E-state index in [1.807, 2.05) is 6.07 Å². The van der Waals surface area contributed by atoms with Crippen molar-refractivity contribution >= 4 is 17.5 Å². The summed E-state index contributed by atoms with van der Waals surface area (Å²) < 4.78 is 14.7. The number of aryl methyl sites for hydroxylation is 1. The van der Waals surface area contributed by atoms with Gasteiger partial charge in [-0.2, -0.15) is 5.10 Å². The second-order valence-electron chi connectivity index (χ2n) is 8.39. The molecule has 0 aliphatic carbocycles. The third-order valence-corrected chi connectivity index (χ3v) is 6.35. The van der Waals surface area contributed by atoms with E-state index in [0.717, 1.165) is 44.8 Å². The van der Waals surface area contributed by atoms with Crippen molar-refractivity contribution in [3.8, 4) is 0 Å². The lowest BCUT2D eigenvalue weighted by Crippen LogP contribution is -2.48. The minimum absolute atomic E-state index is 0.217. The highest BCUT2D eigenvalue weighted by Gasteiger charge is 2.21. The molecule has 3 aromatic rings. The molecule has 0 radical (unpaired) electrons. The van der Waals surface area contributed by atoms with E-state index in [0.29, 0.717) is 29.5 Å². The van der Waals surface area contributed by atoms with Crippen LogP contribution in [0.15, 0.2) is 54.6 Å². The number of amides is 1. The van der Waals surface area contributed by atoms with Gasteiger partial charge in [0.15, 0.2) is 0 Å². The number of hydrogen-bond acceptors (Lipinski definition) is 4. The number of hydrogen-bond donors (Lipinski definition) is 1. The average molecular weight is 470 g/mol. The highest BCUT2D eigenvalue weighted by molar-refractivity contribution is 6.33. The Labute approximate surface area is 198 Å². The van der Waals surface area contributed by atoms with Crippen molar-refractivity contribution in [2.45, 2.75) is 20.0 Å². The zero-order chi connectivity index (χ0) is 23.2. The van der Waals surface area contributed by atoms with E-state index in [9.17, 15) is 9.18 Å². The fourth-order valence-electron chi connectivity index (χ4n) is 4.11. The molecule has 174 valence electrons. The number of rotatable bonds is 8. The Morgan fingerprint density at radius 3 is 2.30 bits per heavy atom.